The first-order chi connectivity index (χ1) is 16.0. The fourth-order valence-electron chi connectivity index (χ4n) is 3.38. The summed E-state index contributed by atoms with van der Waals surface area (Å²) in [5.74, 6) is 0.337. The molecule has 0 saturated carbocycles. The average Bonchev–Trinajstić information content (AvgIpc) is 3.24. The number of aromatic nitrogens is 4. The van der Waals surface area contributed by atoms with Crippen LogP contribution in [-0.2, 0) is 13.1 Å². The second kappa shape index (κ2) is 9.30. The predicted molar refractivity (Wildman–Crippen MR) is 119 cm³/mol. The summed E-state index contributed by atoms with van der Waals surface area (Å²) < 4.78 is 8.04. The van der Waals surface area contributed by atoms with Gasteiger partial charge in [-0.3, -0.25) is 24.3 Å². The van der Waals surface area contributed by atoms with E-state index in [9.17, 15) is 19.7 Å². The molecule has 0 atom stereocenters. The summed E-state index contributed by atoms with van der Waals surface area (Å²) in [6.07, 6.45) is 2.81. The van der Waals surface area contributed by atoms with Crippen LogP contribution in [0.15, 0.2) is 65.8 Å². The van der Waals surface area contributed by atoms with Crippen molar-refractivity contribution in [3.63, 3.8) is 0 Å². The van der Waals surface area contributed by atoms with Gasteiger partial charge in [0.15, 0.2) is 5.65 Å². The lowest BCUT2D eigenvalue weighted by Crippen LogP contribution is -2.27. The van der Waals surface area contributed by atoms with Crippen molar-refractivity contribution in [3.05, 3.63) is 92.7 Å². The van der Waals surface area contributed by atoms with Crippen LogP contribution in [0.25, 0.3) is 11.0 Å². The van der Waals surface area contributed by atoms with E-state index >= 15 is 0 Å². The van der Waals surface area contributed by atoms with Crippen molar-refractivity contribution >= 4 is 22.6 Å². The number of fused-ring (bicyclic) bond motifs is 1. The number of carbonyl (C=O) groups excluding carboxylic acids is 1. The molecule has 0 radical (unpaired) electrons. The van der Waals surface area contributed by atoms with Crippen LogP contribution in [0.5, 0.6) is 5.75 Å². The van der Waals surface area contributed by atoms with Gasteiger partial charge in [0.1, 0.15) is 17.5 Å². The van der Waals surface area contributed by atoms with E-state index in [-0.39, 0.29) is 30.2 Å². The van der Waals surface area contributed by atoms with Crippen LogP contribution in [0.3, 0.4) is 0 Å². The molecule has 11 nitrogen and oxygen atoms in total. The molecule has 33 heavy (non-hydrogen) atoms. The number of nitro benzene ring substituents is 1. The number of hydrogen-bond acceptors (Lipinski definition) is 7. The minimum Gasteiger partial charge on any atom is -0.497 e. The van der Waals surface area contributed by atoms with Gasteiger partial charge in [-0.25, -0.2) is 9.67 Å². The lowest BCUT2D eigenvalue weighted by Gasteiger charge is -2.08. The molecule has 0 unspecified atom stereocenters. The van der Waals surface area contributed by atoms with Crippen molar-refractivity contribution in [2.24, 2.45) is 0 Å². The molecule has 0 spiro atoms. The number of methoxy groups -OCH3 is 1. The third kappa shape index (κ3) is 4.71. The summed E-state index contributed by atoms with van der Waals surface area (Å²) in [5.41, 5.74) is 1.13. The number of nitro groups is 1. The van der Waals surface area contributed by atoms with Crippen LogP contribution in [0.4, 0.5) is 5.69 Å². The van der Waals surface area contributed by atoms with E-state index < -0.39 is 4.92 Å². The Labute approximate surface area is 187 Å². The van der Waals surface area contributed by atoms with E-state index in [1.807, 2.05) is 0 Å². The molecule has 2 heterocycles. The Bertz CT molecular complexity index is 1390. The molecule has 11 heteroatoms. The molecule has 168 valence electrons. The second-order valence-corrected chi connectivity index (χ2v) is 7.20. The zero-order valence-electron chi connectivity index (χ0n) is 17.7. The largest absolute Gasteiger partial charge is 0.497 e. The summed E-state index contributed by atoms with van der Waals surface area (Å²) in [6.45, 7) is 0.747. The van der Waals surface area contributed by atoms with Gasteiger partial charge in [0, 0.05) is 24.2 Å². The average molecular weight is 448 g/mol. The van der Waals surface area contributed by atoms with Gasteiger partial charge in [0.05, 0.1) is 31.3 Å². The number of rotatable bonds is 8. The first-order valence-corrected chi connectivity index (χ1v) is 10.0. The van der Waals surface area contributed by atoms with Crippen LogP contribution in [0.2, 0.25) is 0 Å². The molecule has 0 saturated heterocycles. The number of benzene rings is 2. The van der Waals surface area contributed by atoms with E-state index in [0.717, 1.165) is 0 Å². The molecule has 4 rings (SSSR count). The highest BCUT2D eigenvalue weighted by Gasteiger charge is 2.13. The van der Waals surface area contributed by atoms with Gasteiger partial charge in [-0.05, 0) is 23.8 Å². The third-order valence-corrected chi connectivity index (χ3v) is 5.04. The SMILES string of the molecule is COc1cccc(C(=O)NCCn2ncc3c(=O)n(Cc4cccc([N+](=O)[O-])c4)cnc32)c1. The van der Waals surface area contributed by atoms with Crippen LogP contribution in [-0.4, -0.2) is 43.8 Å². The maximum Gasteiger partial charge on any atom is 0.269 e. The number of amides is 1. The number of non-ortho nitro benzene ring substituents is 1. The van der Waals surface area contributed by atoms with Crippen molar-refractivity contribution < 1.29 is 14.5 Å². The highest BCUT2D eigenvalue weighted by atomic mass is 16.6. The van der Waals surface area contributed by atoms with E-state index in [1.54, 1.807) is 41.1 Å². The molecule has 1 N–H and O–H groups in total. The Balaban J connectivity index is 1.45. The van der Waals surface area contributed by atoms with Crippen LogP contribution in [0.1, 0.15) is 15.9 Å². The molecular weight excluding hydrogens is 428 g/mol. The first kappa shape index (κ1) is 21.7. The standard InChI is InChI=1S/C22H20N6O5/c1-33-18-7-3-5-16(11-18)21(29)23-8-9-27-20-19(12-25-27)22(30)26(14-24-20)13-15-4-2-6-17(10-15)28(31)32/h2-7,10-12,14H,8-9,13H2,1H3,(H,23,29). The predicted octanol–water partition coefficient (Wildman–Crippen LogP) is 1.99. The van der Waals surface area contributed by atoms with Crippen LogP contribution >= 0.6 is 0 Å². The van der Waals surface area contributed by atoms with Crippen molar-refractivity contribution in [1.82, 2.24) is 24.6 Å². The van der Waals surface area contributed by atoms with Gasteiger partial charge in [-0.1, -0.05) is 18.2 Å². The van der Waals surface area contributed by atoms with Gasteiger partial charge in [0.2, 0.25) is 0 Å². The zero-order valence-corrected chi connectivity index (χ0v) is 17.7. The van der Waals surface area contributed by atoms with Crippen LogP contribution in [0, 0.1) is 10.1 Å². The lowest BCUT2D eigenvalue weighted by atomic mass is 10.2. The highest BCUT2D eigenvalue weighted by Crippen LogP contribution is 2.14. The summed E-state index contributed by atoms with van der Waals surface area (Å²) >= 11 is 0. The number of nitrogens with zero attached hydrogens (tertiary/aromatic N) is 5. The first-order valence-electron chi connectivity index (χ1n) is 10.0. The molecule has 0 fully saturated rings. The lowest BCUT2D eigenvalue weighted by molar-refractivity contribution is -0.384. The Morgan fingerprint density at radius 2 is 2.03 bits per heavy atom. The molecule has 0 aliphatic heterocycles. The molecule has 0 bridgehead atoms. The Kier molecular flexibility index (Phi) is 6.11. The molecule has 2 aromatic heterocycles. The normalized spacial score (nSPS) is 10.8. The van der Waals surface area contributed by atoms with E-state index in [2.05, 4.69) is 15.4 Å². The number of ether oxygens (including phenoxy) is 1. The minimum atomic E-state index is -0.481. The summed E-state index contributed by atoms with van der Waals surface area (Å²) in [5, 5.41) is 18.3. The van der Waals surface area contributed by atoms with Crippen molar-refractivity contribution in [1.29, 1.82) is 0 Å². The molecular formula is C22H20N6O5. The van der Waals surface area contributed by atoms with Gasteiger partial charge in [-0.15, -0.1) is 0 Å². The zero-order chi connectivity index (χ0) is 23.4. The number of hydrogen-bond donors (Lipinski definition) is 1. The van der Waals surface area contributed by atoms with Crippen molar-refractivity contribution in [2.45, 2.75) is 13.1 Å². The molecule has 1 amide bonds. The van der Waals surface area contributed by atoms with Gasteiger partial charge in [0.25, 0.3) is 17.2 Å². The minimum absolute atomic E-state index is 0.0431. The Hall–Kier alpha value is -4.54. The monoisotopic (exact) mass is 448 g/mol. The summed E-state index contributed by atoms with van der Waals surface area (Å²) in [7, 11) is 1.53. The number of carbonyl (C=O) groups is 1. The Morgan fingerprint density at radius 3 is 2.82 bits per heavy atom. The molecule has 4 aromatic rings. The fourth-order valence-corrected chi connectivity index (χ4v) is 3.38. The highest BCUT2D eigenvalue weighted by molar-refractivity contribution is 5.94. The Morgan fingerprint density at radius 1 is 1.21 bits per heavy atom. The van der Waals surface area contributed by atoms with E-state index in [0.29, 0.717) is 34.5 Å². The fraction of sp³-hybridized carbons (Fsp3) is 0.182. The summed E-state index contributed by atoms with van der Waals surface area (Å²) in [6, 6.07) is 12.9. The second-order valence-electron chi connectivity index (χ2n) is 7.20. The van der Waals surface area contributed by atoms with Gasteiger partial charge in [-0.2, -0.15) is 5.10 Å². The third-order valence-electron chi connectivity index (χ3n) is 5.04. The molecule has 0 aliphatic rings. The van der Waals surface area contributed by atoms with Crippen molar-refractivity contribution in [3.8, 4) is 5.75 Å². The van der Waals surface area contributed by atoms with Crippen molar-refractivity contribution in [2.75, 3.05) is 13.7 Å². The maximum absolute atomic E-state index is 12.8. The van der Waals surface area contributed by atoms with Gasteiger partial charge < -0.3 is 10.1 Å². The van der Waals surface area contributed by atoms with Gasteiger partial charge >= 0.3 is 0 Å². The number of nitrogens with one attached hydrogen (secondary N) is 1. The topological polar surface area (TPSA) is 134 Å². The van der Waals surface area contributed by atoms with E-state index in [4.69, 9.17) is 4.74 Å². The quantitative estimate of drug-likeness (QED) is 0.322. The molecule has 0 aliphatic carbocycles. The summed E-state index contributed by atoms with van der Waals surface area (Å²) in [4.78, 5) is 40.0. The molecule has 2 aromatic carbocycles. The van der Waals surface area contributed by atoms with E-state index in [1.165, 1.54) is 36.3 Å². The smallest absolute Gasteiger partial charge is 0.269 e. The van der Waals surface area contributed by atoms with Crippen LogP contribution < -0.4 is 15.6 Å². The maximum atomic E-state index is 12.8.